The maximum atomic E-state index is 13.1. The lowest BCUT2D eigenvalue weighted by atomic mass is 9.99. The minimum atomic E-state index is -3.73. The number of amides is 1. The molecule has 3 aromatic rings. The van der Waals surface area contributed by atoms with E-state index >= 15 is 0 Å². The lowest BCUT2D eigenvalue weighted by Gasteiger charge is -2.30. The molecule has 34 heavy (non-hydrogen) atoms. The first-order valence-corrected chi connectivity index (χ1v) is 13.5. The average molecular weight is 518 g/mol. The smallest absolute Gasteiger partial charge is 0.252 e. The van der Waals surface area contributed by atoms with Crippen LogP contribution in [0.25, 0.3) is 10.2 Å². The number of carbonyl (C=O) groups excluding carboxylic acids is 1. The fourth-order valence-electron chi connectivity index (χ4n) is 3.94. The Hall–Kier alpha value is -2.64. The van der Waals surface area contributed by atoms with Gasteiger partial charge in [-0.05, 0) is 62.2 Å². The number of carbonyl (C=O) groups is 1. The molecular weight excluding hydrogens is 494 g/mol. The van der Waals surface area contributed by atoms with Gasteiger partial charge >= 0.3 is 0 Å². The molecule has 1 aliphatic heterocycles. The summed E-state index contributed by atoms with van der Waals surface area (Å²) in [5.74, 6) is 2.47. The third-order valence-corrected chi connectivity index (χ3v) is 8.78. The Kier molecular flexibility index (Phi) is 7.43. The number of nitrogens with zero attached hydrogens (tertiary/aromatic N) is 3. The summed E-state index contributed by atoms with van der Waals surface area (Å²) in [6.07, 6.45) is 6.71. The van der Waals surface area contributed by atoms with Gasteiger partial charge in [-0.1, -0.05) is 28.9 Å². The Morgan fingerprint density at radius 2 is 2.06 bits per heavy atom. The maximum Gasteiger partial charge on any atom is 0.252 e. The van der Waals surface area contributed by atoms with Crippen LogP contribution >= 0.6 is 22.9 Å². The van der Waals surface area contributed by atoms with Crippen LogP contribution in [0.15, 0.2) is 52.4 Å². The van der Waals surface area contributed by atoms with Gasteiger partial charge in [-0.2, -0.15) is 9.30 Å². The Balaban J connectivity index is 1.62. The molecule has 1 aliphatic rings. The number of piperidine rings is 1. The van der Waals surface area contributed by atoms with Crippen LogP contribution in [0.3, 0.4) is 0 Å². The number of hydrogen-bond donors (Lipinski definition) is 0. The summed E-state index contributed by atoms with van der Waals surface area (Å²) in [4.78, 5) is 18.2. The van der Waals surface area contributed by atoms with Crippen molar-refractivity contribution in [2.45, 2.75) is 31.2 Å². The number of thiazole rings is 1. The summed E-state index contributed by atoms with van der Waals surface area (Å²) in [6.45, 7) is 3.17. The van der Waals surface area contributed by atoms with E-state index in [1.54, 1.807) is 12.1 Å². The third kappa shape index (κ3) is 5.05. The topological polar surface area (TPSA) is 81.0 Å². The zero-order chi connectivity index (χ0) is 24.3. The number of halogens is 1. The molecule has 178 valence electrons. The molecule has 2 aromatic carbocycles. The van der Waals surface area contributed by atoms with Crippen molar-refractivity contribution in [1.82, 2.24) is 8.87 Å². The maximum absolute atomic E-state index is 13.1. The van der Waals surface area contributed by atoms with Gasteiger partial charge in [0.05, 0.1) is 34.2 Å². The second-order valence-corrected chi connectivity index (χ2v) is 11.2. The van der Waals surface area contributed by atoms with Crippen LogP contribution in [0.2, 0.25) is 5.02 Å². The highest BCUT2D eigenvalue weighted by molar-refractivity contribution is 7.89. The van der Waals surface area contributed by atoms with Crippen LogP contribution < -0.4 is 9.54 Å². The molecule has 0 N–H and O–H groups in total. The molecule has 7 nitrogen and oxygen atoms in total. The van der Waals surface area contributed by atoms with Crippen molar-refractivity contribution < 1.29 is 17.9 Å². The number of ether oxygens (including phenoxy) is 1. The van der Waals surface area contributed by atoms with E-state index in [1.807, 2.05) is 29.7 Å². The predicted octanol–water partition coefficient (Wildman–Crippen LogP) is 3.92. The molecule has 0 radical (unpaired) electrons. The van der Waals surface area contributed by atoms with E-state index in [0.717, 1.165) is 16.0 Å². The molecule has 0 bridgehead atoms. The van der Waals surface area contributed by atoms with Crippen molar-refractivity contribution in [3.05, 3.63) is 52.3 Å². The predicted molar refractivity (Wildman–Crippen MR) is 133 cm³/mol. The number of fused-ring (bicyclic) bond motifs is 1. The highest BCUT2D eigenvalue weighted by Gasteiger charge is 2.33. The largest absolute Gasteiger partial charge is 0.494 e. The van der Waals surface area contributed by atoms with Crippen LogP contribution in [0.5, 0.6) is 5.75 Å². The molecule has 1 unspecified atom stereocenters. The van der Waals surface area contributed by atoms with Gasteiger partial charge in [0.2, 0.25) is 10.0 Å². The molecule has 1 aromatic heterocycles. The van der Waals surface area contributed by atoms with Gasteiger partial charge < -0.3 is 9.30 Å². The molecule has 0 spiro atoms. The summed E-state index contributed by atoms with van der Waals surface area (Å²) in [5, 5.41) is 0.460. The van der Waals surface area contributed by atoms with Gasteiger partial charge in [-0.3, -0.25) is 4.79 Å². The number of terminal acetylenes is 1. The van der Waals surface area contributed by atoms with Crippen LogP contribution in [0, 0.1) is 18.3 Å². The molecule has 1 atom stereocenters. The second kappa shape index (κ2) is 10.3. The summed E-state index contributed by atoms with van der Waals surface area (Å²) < 4.78 is 35.8. The van der Waals surface area contributed by atoms with Gasteiger partial charge in [-0.25, -0.2) is 8.42 Å². The van der Waals surface area contributed by atoms with E-state index in [1.165, 1.54) is 27.8 Å². The summed E-state index contributed by atoms with van der Waals surface area (Å²) in [7, 11) is -3.73. The fraction of sp³-hybridized carbons (Fsp3) is 0.333. The van der Waals surface area contributed by atoms with Crippen LogP contribution in [0.4, 0.5) is 0 Å². The minimum absolute atomic E-state index is 0.0851. The number of aromatic nitrogens is 1. The van der Waals surface area contributed by atoms with E-state index in [-0.39, 0.29) is 23.9 Å². The molecule has 2 heterocycles. The minimum Gasteiger partial charge on any atom is -0.494 e. The average Bonchev–Trinajstić information content (AvgIpc) is 3.16. The Morgan fingerprint density at radius 1 is 1.29 bits per heavy atom. The number of rotatable bonds is 6. The lowest BCUT2D eigenvalue weighted by Crippen LogP contribution is -2.42. The summed E-state index contributed by atoms with van der Waals surface area (Å²) in [5.41, 5.74) is 0.869. The van der Waals surface area contributed by atoms with Crippen LogP contribution in [0.1, 0.15) is 19.8 Å². The van der Waals surface area contributed by atoms with E-state index in [0.29, 0.717) is 35.8 Å². The van der Waals surface area contributed by atoms with Gasteiger partial charge in [0.1, 0.15) is 5.75 Å². The monoisotopic (exact) mass is 517 g/mol. The first-order valence-electron chi connectivity index (χ1n) is 10.9. The van der Waals surface area contributed by atoms with Crippen molar-refractivity contribution in [1.29, 1.82) is 0 Å². The normalized spacial score (nSPS) is 17.6. The van der Waals surface area contributed by atoms with Crippen LogP contribution in [-0.2, 0) is 21.4 Å². The second-order valence-electron chi connectivity index (χ2n) is 7.84. The summed E-state index contributed by atoms with van der Waals surface area (Å²) >= 11 is 7.25. The molecule has 1 amide bonds. The number of benzene rings is 2. The zero-order valence-electron chi connectivity index (χ0n) is 18.6. The standard InChI is InChI=1S/C24H24ClN3O4S2/c1-3-13-28-21-12-9-19(32-4-2)15-22(21)33-24(28)26-23(29)17-6-5-14-27(16-17)34(30,31)20-10-7-18(25)8-11-20/h1,7-12,15,17H,4-6,13-14,16H2,2H3. The van der Waals surface area contributed by atoms with Crippen molar-refractivity contribution in [3.63, 3.8) is 0 Å². The highest BCUT2D eigenvalue weighted by Crippen LogP contribution is 2.26. The molecule has 0 aliphatic carbocycles. The van der Waals surface area contributed by atoms with Gasteiger partial charge in [0.15, 0.2) is 4.80 Å². The third-order valence-electron chi connectivity index (χ3n) is 5.61. The number of sulfonamides is 1. The molecule has 1 fully saturated rings. The van der Waals surface area contributed by atoms with Gasteiger partial charge in [0, 0.05) is 18.1 Å². The van der Waals surface area contributed by atoms with Crippen molar-refractivity contribution in [3.8, 4) is 18.1 Å². The first kappa shape index (κ1) is 24.5. The quantitative estimate of drug-likeness (QED) is 0.464. The molecule has 0 saturated carbocycles. The van der Waals surface area contributed by atoms with Crippen molar-refractivity contribution in [2.75, 3.05) is 19.7 Å². The van der Waals surface area contributed by atoms with E-state index in [9.17, 15) is 13.2 Å². The van der Waals surface area contributed by atoms with Crippen molar-refractivity contribution >= 4 is 49.1 Å². The van der Waals surface area contributed by atoms with E-state index < -0.39 is 15.9 Å². The molecular formula is C24H24ClN3O4S2. The van der Waals surface area contributed by atoms with Gasteiger partial charge in [0.25, 0.3) is 5.91 Å². The van der Waals surface area contributed by atoms with E-state index in [2.05, 4.69) is 10.9 Å². The Bertz CT molecular complexity index is 1420. The molecule has 1 saturated heterocycles. The SMILES string of the molecule is C#CCn1c(=NC(=O)C2CCCN(S(=O)(=O)c3ccc(Cl)cc3)C2)sc2cc(OCC)ccc21. The number of hydrogen-bond acceptors (Lipinski definition) is 5. The summed E-state index contributed by atoms with van der Waals surface area (Å²) in [6, 6.07) is 11.7. The lowest BCUT2D eigenvalue weighted by molar-refractivity contribution is -0.122. The first-order chi connectivity index (χ1) is 16.3. The fourth-order valence-corrected chi connectivity index (χ4v) is 6.66. The van der Waals surface area contributed by atoms with E-state index in [4.69, 9.17) is 22.8 Å². The molecule has 10 heteroatoms. The Labute approximate surface area is 207 Å². The van der Waals surface area contributed by atoms with Crippen molar-refractivity contribution in [2.24, 2.45) is 10.9 Å². The van der Waals surface area contributed by atoms with Crippen LogP contribution in [-0.4, -0.2) is 42.9 Å². The highest BCUT2D eigenvalue weighted by atomic mass is 35.5. The zero-order valence-corrected chi connectivity index (χ0v) is 21.0. The molecule has 4 rings (SSSR count). The van der Waals surface area contributed by atoms with Gasteiger partial charge in [-0.15, -0.1) is 6.42 Å². The Morgan fingerprint density at radius 3 is 2.76 bits per heavy atom.